The van der Waals surface area contributed by atoms with Crippen LogP contribution in [0, 0.1) is 5.82 Å². The molecular weight excluding hydrogens is 261 g/mol. The first kappa shape index (κ1) is 14.4. The average molecular weight is 274 g/mol. The van der Waals surface area contributed by atoms with Gasteiger partial charge in [-0.15, -0.1) is 0 Å². The van der Waals surface area contributed by atoms with E-state index in [1.54, 1.807) is 20.8 Å². The van der Waals surface area contributed by atoms with Crippen LogP contribution in [0.25, 0.3) is 0 Å². The fourth-order valence-corrected chi connectivity index (χ4v) is 1.36. The summed E-state index contributed by atoms with van der Waals surface area (Å²) in [4.78, 5) is 22.1. The first-order valence-electron chi connectivity index (χ1n) is 5.17. The van der Waals surface area contributed by atoms with E-state index in [1.807, 2.05) is 0 Å². The third-order valence-electron chi connectivity index (χ3n) is 1.85. The molecule has 0 saturated carbocycles. The molecule has 1 amide bonds. The Labute approximate surface area is 109 Å². The number of halogens is 2. The van der Waals surface area contributed by atoms with Crippen molar-refractivity contribution in [1.82, 2.24) is 0 Å². The number of benzene rings is 1. The number of nitrogens with one attached hydrogen (secondary N) is 1. The van der Waals surface area contributed by atoms with Gasteiger partial charge in [0.15, 0.2) is 6.29 Å². The van der Waals surface area contributed by atoms with Crippen LogP contribution in [0.5, 0.6) is 0 Å². The van der Waals surface area contributed by atoms with Crippen molar-refractivity contribution in [3.63, 3.8) is 0 Å². The highest BCUT2D eigenvalue weighted by Gasteiger charge is 2.18. The molecule has 0 heterocycles. The van der Waals surface area contributed by atoms with Gasteiger partial charge in [-0.1, -0.05) is 11.6 Å². The predicted octanol–water partition coefficient (Wildman–Crippen LogP) is 3.64. The Morgan fingerprint density at radius 3 is 2.56 bits per heavy atom. The fourth-order valence-electron chi connectivity index (χ4n) is 1.17. The minimum absolute atomic E-state index is 0.0102. The van der Waals surface area contributed by atoms with Crippen molar-refractivity contribution in [1.29, 1.82) is 0 Å². The number of ether oxygens (including phenoxy) is 1. The smallest absolute Gasteiger partial charge is 0.412 e. The molecule has 1 N–H and O–H groups in total. The maximum absolute atomic E-state index is 13.2. The number of aldehydes is 1. The first-order chi connectivity index (χ1) is 8.23. The van der Waals surface area contributed by atoms with E-state index in [1.165, 1.54) is 0 Å². The third-order valence-corrected chi connectivity index (χ3v) is 2.16. The second kappa shape index (κ2) is 5.35. The van der Waals surface area contributed by atoms with Crippen molar-refractivity contribution in [2.45, 2.75) is 26.4 Å². The molecule has 0 fully saturated rings. The highest BCUT2D eigenvalue weighted by Crippen LogP contribution is 2.25. The van der Waals surface area contributed by atoms with Gasteiger partial charge in [0.25, 0.3) is 0 Å². The monoisotopic (exact) mass is 273 g/mol. The summed E-state index contributed by atoms with van der Waals surface area (Å²) < 4.78 is 18.2. The van der Waals surface area contributed by atoms with Gasteiger partial charge in [0, 0.05) is 0 Å². The van der Waals surface area contributed by atoms with Crippen LogP contribution in [0.3, 0.4) is 0 Å². The molecular formula is C12H13ClFNO3. The van der Waals surface area contributed by atoms with Gasteiger partial charge >= 0.3 is 6.09 Å². The zero-order valence-corrected chi connectivity index (χ0v) is 11.0. The van der Waals surface area contributed by atoms with Crippen molar-refractivity contribution >= 4 is 29.7 Å². The van der Waals surface area contributed by atoms with Crippen molar-refractivity contribution in [2.24, 2.45) is 0 Å². The lowest BCUT2D eigenvalue weighted by molar-refractivity contribution is 0.0635. The molecule has 1 aromatic carbocycles. The standard InChI is InChI=1S/C12H13ClFNO3/c1-12(2,3)18-11(17)15-10-4-7(6-16)9(14)5-8(10)13/h4-6H,1-3H3,(H,15,17). The van der Waals surface area contributed by atoms with Crippen LogP contribution < -0.4 is 5.32 Å². The summed E-state index contributed by atoms with van der Waals surface area (Å²) in [5.41, 5.74) is -0.732. The Balaban J connectivity index is 2.91. The summed E-state index contributed by atoms with van der Waals surface area (Å²) in [6.45, 7) is 5.11. The maximum Gasteiger partial charge on any atom is 0.412 e. The zero-order valence-electron chi connectivity index (χ0n) is 10.2. The molecule has 0 bridgehead atoms. The average Bonchev–Trinajstić information content (AvgIpc) is 2.19. The first-order valence-corrected chi connectivity index (χ1v) is 5.55. The van der Waals surface area contributed by atoms with E-state index < -0.39 is 17.5 Å². The highest BCUT2D eigenvalue weighted by molar-refractivity contribution is 6.33. The van der Waals surface area contributed by atoms with Crippen LogP contribution in [0.2, 0.25) is 5.02 Å². The minimum atomic E-state index is -0.746. The molecule has 0 saturated heterocycles. The van der Waals surface area contributed by atoms with E-state index in [0.717, 1.165) is 12.1 Å². The molecule has 0 atom stereocenters. The lowest BCUT2D eigenvalue weighted by Gasteiger charge is -2.20. The van der Waals surface area contributed by atoms with E-state index >= 15 is 0 Å². The number of amides is 1. The molecule has 1 aromatic rings. The quantitative estimate of drug-likeness (QED) is 0.837. The van der Waals surface area contributed by atoms with Crippen molar-refractivity contribution in [2.75, 3.05) is 5.32 Å². The Hall–Kier alpha value is -1.62. The van der Waals surface area contributed by atoms with Crippen molar-refractivity contribution in [3.8, 4) is 0 Å². The Morgan fingerprint density at radius 1 is 1.44 bits per heavy atom. The molecule has 0 spiro atoms. The van der Waals surface area contributed by atoms with Crippen LogP contribution in [0.1, 0.15) is 31.1 Å². The largest absolute Gasteiger partial charge is 0.444 e. The summed E-state index contributed by atoms with van der Waals surface area (Å²) in [6, 6.07) is 2.10. The van der Waals surface area contributed by atoms with Gasteiger partial charge in [-0.05, 0) is 32.9 Å². The van der Waals surface area contributed by atoms with Gasteiger partial charge < -0.3 is 4.74 Å². The highest BCUT2D eigenvalue weighted by atomic mass is 35.5. The number of rotatable bonds is 2. The van der Waals surface area contributed by atoms with Gasteiger partial charge in [-0.3, -0.25) is 10.1 Å². The summed E-state index contributed by atoms with van der Waals surface area (Å²) in [5, 5.41) is 2.34. The molecule has 0 aliphatic rings. The van der Waals surface area contributed by atoms with Crippen molar-refractivity contribution in [3.05, 3.63) is 28.5 Å². The molecule has 0 aliphatic carbocycles. The van der Waals surface area contributed by atoms with Gasteiger partial charge in [0.05, 0.1) is 16.3 Å². The third kappa shape index (κ3) is 4.00. The number of carbonyl (C=O) groups excluding carboxylic acids is 2. The minimum Gasteiger partial charge on any atom is -0.444 e. The fraction of sp³-hybridized carbons (Fsp3) is 0.333. The second-order valence-corrected chi connectivity index (χ2v) is 5.01. The Kier molecular flexibility index (Phi) is 4.29. The van der Waals surface area contributed by atoms with Crippen LogP contribution in [0.4, 0.5) is 14.9 Å². The zero-order chi connectivity index (χ0) is 13.9. The van der Waals surface area contributed by atoms with Crippen LogP contribution in [-0.4, -0.2) is 18.0 Å². The predicted molar refractivity (Wildman–Crippen MR) is 66.7 cm³/mol. The van der Waals surface area contributed by atoms with Crippen molar-refractivity contribution < 1.29 is 18.7 Å². The second-order valence-electron chi connectivity index (χ2n) is 4.60. The van der Waals surface area contributed by atoms with E-state index in [0.29, 0.717) is 6.29 Å². The van der Waals surface area contributed by atoms with Gasteiger partial charge in [0.2, 0.25) is 0 Å². The van der Waals surface area contributed by atoms with Gasteiger partial charge in [-0.25, -0.2) is 9.18 Å². The van der Waals surface area contributed by atoms with Crippen LogP contribution in [0.15, 0.2) is 12.1 Å². The van der Waals surface area contributed by atoms with E-state index in [4.69, 9.17) is 16.3 Å². The van der Waals surface area contributed by atoms with Crippen LogP contribution in [-0.2, 0) is 4.74 Å². The number of hydrogen-bond acceptors (Lipinski definition) is 3. The molecule has 6 heteroatoms. The normalized spacial score (nSPS) is 10.9. The number of anilines is 1. The maximum atomic E-state index is 13.2. The summed E-state index contributed by atoms with van der Waals surface area (Å²) >= 11 is 5.75. The van der Waals surface area contributed by atoms with Crippen LogP contribution >= 0.6 is 11.6 Å². The summed E-state index contributed by atoms with van der Waals surface area (Å²) in [5.74, 6) is -0.746. The van der Waals surface area contributed by atoms with E-state index in [-0.39, 0.29) is 16.3 Å². The molecule has 0 unspecified atom stereocenters. The summed E-state index contributed by atoms with van der Waals surface area (Å²) in [7, 11) is 0. The van der Waals surface area contributed by atoms with Gasteiger partial charge in [0.1, 0.15) is 11.4 Å². The Morgan fingerprint density at radius 2 is 2.06 bits per heavy atom. The molecule has 4 nitrogen and oxygen atoms in total. The molecule has 0 radical (unpaired) electrons. The lowest BCUT2D eigenvalue weighted by Crippen LogP contribution is -2.27. The van der Waals surface area contributed by atoms with Gasteiger partial charge in [-0.2, -0.15) is 0 Å². The molecule has 0 aromatic heterocycles. The molecule has 0 aliphatic heterocycles. The van der Waals surface area contributed by atoms with E-state index in [9.17, 15) is 14.0 Å². The van der Waals surface area contributed by atoms with E-state index in [2.05, 4.69) is 5.32 Å². The number of carbonyl (C=O) groups is 2. The molecule has 1 rings (SSSR count). The number of hydrogen-bond donors (Lipinski definition) is 1. The summed E-state index contributed by atoms with van der Waals surface area (Å²) in [6.07, 6.45) is -0.390. The Bertz CT molecular complexity index is 483. The SMILES string of the molecule is CC(C)(C)OC(=O)Nc1cc(C=O)c(F)cc1Cl. The topological polar surface area (TPSA) is 55.4 Å². The molecule has 98 valence electrons. The molecule has 18 heavy (non-hydrogen) atoms. The lowest BCUT2D eigenvalue weighted by atomic mass is 10.2.